The van der Waals surface area contributed by atoms with E-state index in [2.05, 4.69) is 25.8 Å². The van der Waals surface area contributed by atoms with Crippen molar-refractivity contribution in [2.75, 3.05) is 6.61 Å². The monoisotopic (exact) mass is 236 g/mol. The van der Waals surface area contributed by atoms with Gasteiger partial charge in [-0.25, -0.2) is 0 Å². The van der Waals surface area contributed by atoms with Gasteiger partial charge in [-0.2, -0.15) is 0 Å². The van der Waals surface area contributed by atoms with Crippen molar-refractivity contribution in [1.29, 1.82) is 0 Å². The molecule has 0 radical (unpaired) electrons. The minimum atomic E-state index is 0.0436. The van der Waals surface area contributed by atoms with Crippen molar-refractivity contribution in [1.82, 2.24) is 4.98 Å². The SMILES string of the molecule is CCOc1cncc(C(N)CCC(C)(C)C)c1. The van der Waals surface area contributed by atoms with Crippen LogP contribution in [0.3, 0.4) is 0 Å². The third kappa shape index (κ3) is 5.18. The number of rotatable bonds is 5. The quantitative estimate of drug-likeness (QED) is 0.853. The zero-order valence-corrected chi connectivity index (χ0v) is 11.4. The predicted octanol–water partition coefficient (Wildman–Crippen LogP) is 3.31. The Bertz CT molecular complexity index is 344. The Morgan fingerprint density at radius 2 is 2.06 bits per heavy atom. The van der Waals surface area contributed by atoms with Crippen molar-refractivity contribution >= 4 is 0 Å². The van der Waals surface area contributed by atoms with Gasteiger partial charge in [0, 0.05) is 12.2 Å². The first-order chi connectivity index (χ1) is 7.92. The maximum atomic E-state index is 6.17. The summed E-state index contributed by atoms with van der Waals surface area (Å²) in [6.45, 7) is 9.31. The Hall–Kier alpha value is -1.09. The molecule has 1 rings (SSSR count). The molecule has 0 bridgehead atoms. The molecule has 1 aromatic rings. The Morgan fingerprint density at radius 3 is 2.65 bits per heavy atom. The van der Waals surface area contributed by atoms with Gasteiger partial charge >= 0.3 is 0 Å². The second kappa shape index (κ2) is 6.01. The first kappa shape index (κ1) is 14.0. The lowest BCUT2D eigenvalue weighted by Crippen LogP contribution is -2.15. The molecule has 0 aliphatic rings. The van der Waals surface area contributed by atoms with Gasteiger partial charge in [0.15, 0.2) is 0 Å². The van der Waals surface area contributed by atoms with Crippen molar-refractivity contribution in [2.24, 2.45) is 11.1 Å². The van der Waals surface area contributed by atoms with Gasteiger partial charge < -0.3 is 10.5 Å². The molecule has 0 saturated carbocycles. The summed E-state index contributed by atoms with van der Waals surface area (Å²) in [6, 6.07) is 2.03. The van der Waals surface area contributed by atoms with Crippen LogP contribution in [-0.4, -0.2) is 11.6 Å². The van der Waals surface area contributed by atoms with E-state index in [1.165, 1.54) is 0 Å². The lowest BCUT2D eigenvalue weighted by atomic mass is 9.87. The van der Waals surface area contributed by atoms with Crippen LogP contribution in [0.2, 0.25) is 0 Å². The number of hydrogen-bond donors (Lipinski definition) is 1. The van der Waals surface area contributed by atoms with Crippen molar-refractivity contribution in [3.63, 3.8) is 0 Å². The average Bonchev–Trinajstić information content (AvgIpc) is 2.26. The molecule has 1 aromatic heterocycles. The van der Waals surface area contributed by atoms with E-state index >= 15 is 0 Å². The second-order valence-electron chi connectivity index (χ2n) is 5.59. The molecule has 17 heavy (non-hydrogen) atoms. The highest BCUT2D eigenvalue weighted by Gasteiger charge is 2.14. The standard InChI is InChI=1S/C14H24N2O/c1-5-17-12-8-11(9-16-10-12)13(15)6-7-14(2,3)4/h8-10,13H,5-7,15H2,1-4H3. The first-order valence-corrected chi connectivity index (χ1v) is 6.25. The van der Waals surface area contributed by atoms with Crippen LogP contribution >= 0.6 is 0 Å². The molecule has 0 saturated heterocycles. The zero-order valence-electron chi connectivity index (χ0n) is 11.4. The van der Waals surface area contributed by atoms with E-state index in [1.807, 2.05) is 19.2 Å². The molecule has 1 atom stereocenters. The molecule has 0 spiro atoms. The van der Waals surface area contributed by atoms with Crippen LogP contribution in [0.15, 0.2) is 18.5 Å². The van der Waals surface area contributed by atoms with Gasteiger partial charge in [0.05, 0.1) is 12.8 Å². The summed E-state index contributed by atoms with van der Waals surface area (Å²) in [6.07, 6.45) is 5.63. The highest BCUT2D eigenvalue weighted by Crippen LogP contribution is 2.26. The van der Waals surface area contributed by atoms with Gasteiger partial charge in [0.25, 0.3) is 0 Å². The van der Waals surface area contributed by atoms with Crippen LogP contribution in [0.25, 0.3) is 0 Å². The van der Waals surface area contributed by atoms with Crippen molar-refractivity contribution in [3.05, 3.63) is 24.0 Å². The zero-order chi connectivity index (χ0) is 12.9. The molecule has 0 fully saturated rings. The summed E-state index contributed by atoms with van der Waals surface area (Å²) in [5.74, 6) is 0.802. The minimum Gasteiger partial charge on any atom is -0.492 e. The van der Waals surface area contributed by atoms with Crippen LogP contribution in [0.4, 0.5) is 0 Å². The number of pyridine rings is 1. The number of ether oxygens (including phenoxy) is 1. The van der Waals surface area contributed by atoms with Crippen LogP contribution in [0.5, 0.6) is 5.75 Å². The topological polar surface area (TPSA) is 48.1 Å². The van der Waals surface area contributed by atoms with Crippen molar-refractivity contribution in [2.45, 2.75) is 46.6 Å². The Balaban J connectivity index is 2.62. The van der Waals surface area contributed by atoms with Crippen molar-refractivity contribution in [3.8, 4) is 5.75 Å². The maximum Gasteiger partial charge on any atom is 0.137 e. The molecule has 3 heteroatoms. The smallest absolute Gasteiger partial charge is 0.137 e. The average molecular weight is 236 g/mol. The number of nitrogens with two attached hydrogens (primary N) is 1. The van der Waals surface area contributed by atoms with Crippen LogP contribution in [-0.2, 0) is 0 Å². The lowest BCUT2D eigenvalue weighted by molar-refractivity contribution is 0.336. The molecular weight excluding hydrogens is 212 g/mol. The molecule has 0 amide bonds. The molecular formula is C14H24N2O. The maximum absolute atomic E-state index is 6.17. The number of hydrogen-bond acceptors (Lipinski definition) is 3. The number of aromatic nitrogens is 1. The molecule has 0 aliphatic carbocycles. The van der Waals surface area contributed by atoms with Gasteiger partial charge in [-0.15, -0.1) is 0 Å². The largest absolute Gasteiger partial charge is 0.492 e. The van der Waals surface area contributed by atoms with Gasteiger partial charge in [-0.3, -0.25) is 4.98 Å². The van der Waals surface area contributed by atoms with Crippen LogP contribution < -0.4 is 10.5 Å². The fraction of sp³-hybridized carbons (Fsp3) is 0.643. The molecule has 2 N–H and O–H groups in total. The van der Waals surface area contributed by atoms with Crippen LogP contribution in [0, 0.1) is 5.41 Å². The summed E-state index contributed by atoms with van der Waals surface area (Å²) in [5.41, 5.74) is 7.55. The van der Waals surface area contributed by atoms with E-state index in [0.29, 0.717) is 12.0 Å². The second-order valence-corrected chi connectivity index (χ2v) is 5.59. The van der Waals surface area contributed by atoms with E-state index in [4.69, 9.17) is 10.5 Å². The van der Waals surface area contributed by atoms with E-state index < -0.39 is 0 Å². The van der Waals surface area contributed by atoms with Gasteiger partial charge in [0.1, 0.15) is 5.75 Å². The Morgan fingerprint density at radius 1 is 1.35 bits per heavy atom. The third-order valence-electron chi connectivity index (χ3n) is 2.68. The predicted molar refractivity (Wildman–Crippen MR) is 71.0 cm³/mol. The summed E-state index contributed by atoms with van der Waals surface area (Å²) in [5, 5.41) is 0. The highest BCUT2D eigenvalue weighted by atomic mass is 16.5. The minimum absolute atomic E-state index is 0.0436. The van der Waals surface area contributed by atoms with Crippen LogP contribution in [0.1, 0.15) is 52.1 Å². The molecule has 1 unspecified atom stereocenters. The molecule has 0 aliphatic heterocycles. The third-order valence-corrected chi connectivity index (χ3v) is 2.68. The number of nitrogens with zero attached hydrogens (tertiary/aromatic N) is 1. The normalized spacial score (nSPS) is 13.5. The Kier molecular flexibility index (Phi) is 4.94. The molecule has 1 heterocycles. The lowest BCUT2D eigenvalue weighted by Gasteiger charge is -2.21. The van der Waals surface area contributed by atoms with Gasteiger partial charge in [-0.05, 0) is 36.8 Å². The molecule has 3 nitrogen and oxygen atoms in total. The van der Waals surface area contributed by atoms with E-state index in [1.54, 1.807) is 6.20 Å². The molecule has 0 aromatic carbocycles. The fourth-order valence-corrected chi connectivity index (χ4v) is 1.64. The van der Waals surface area contributed by atoms with E-state index in [-0.39, 0.29) is 6.04 Å². The van der Waals surface area contributed by atoms with E-state index in [0.717, 1.165) is 24.2 Å². The van der Waals surface area contributed by atoms with Gasteiger partial charge in [-0.1, -0.05) is 20.8 Å². The van der Waals surface area contributed by atoms with E-state index in [9.17, 15) is 0 Å². The fourth-order valence-electron chi connectivity index (χ4n) is 1.64. The summed E-state index contributed by atoms with van der Waals surface area (Å²) < 4.78 is 5.42. The summed E-state index contributed by atoms with van der Waals surface area (Å²) in [4.78, 5) is 4.16. The molecule has 96 valence electrons. The Labute approximate surface area is 104 Å². The summed E-state index contributed by atoms with van der Waals surface area (Å²) in [7, 11) is 0. The van der Waals surface area contributed by atoms with Crippen molar-refractivity contribution < 1.29 is 4.74 Å². The first-order valence-electron chi connectivity index (χ1n) is 6.25. The van der Waals surface area contributed by atoms with Gasteiger partial charge in [0.2, 0.25) is 0 Å². The summed E-state index contributed by atoms with van der Waals surface area (Å²) >= 11 is 0. The highest BCUT2D eigenvalue weighted by molar-refractivity contribution is 5.25.